The van der Waals surface area contributed by atoms with Gasteiger partial charge in [0, 0.05) is 5.41 Å². The number of carbonyl (C=O) groups excluding carboxylic acids is 1. The van der Waals surface area contributed by atoms with Crippen LogP contribution in [-0.4, -0.2) is 18.0 Å². The summed E-state index contributed by atoms with van der Waals surface area (Å²) in [5.74, 6) is 1.65. The SMILES string of the molecule is COc1cc2c(cc1O)CCC1C2CCC2(C)C(=O)C(C#N)CC12. The summed E-state index contributed by atoms with van der Waals surface area (Å²) >= 11 is 0. The van der Waals surface area contributed by atoms with Crippen molar-refractivity contribution < 1.29 is 14.6 Å². The van der Waals surface area contributed by atoms with Crippen molar-refractivity contribution >= 4 is 5.78 Å². The van der Waals surface area contributed by atoms with Crippen molar-refractivity contribution in [2.45, 2.75) is 44.9 Å². The van der Waals surface area contributed by atoms with Crippen molar-refractivity contribution in [1.29, 1.82) is 5.26 Å². The molecule has 4 nitrogen and oxygen atoms in total. The van der Waals surface area contributed by atoms with Crippen molar-refractivity contribution in [3.05, 3.63) is 23.3 Å². The average Bonchev–Trinajstić information content (AvgIpc) is 2.85. The highest BCUT2D eigenvalue weighted by molar-refractivity contribution is 5.91. The number of carbonyl (C=O) groups is 1. The molecule has 0 aromatic heterocycles. The van der Waals surface area contributed by atoms with Gasteiger partial charge in [0.1, 0.15) is 5.92 Å². The normalized spacial score (nSPS) is 37.1. The minimum Gasteiger partial charge on any atom is -0.504 e. The van der Waals surface area contributed by atoms with E-state index in [-0.39, 0.29) is 16.9 Å². The number of hydrogen-bond acceptors (Lipinski definition) is 4. The largest absolute Gasteiger partial charge is 0.504 e. The maximum absolute atomic E-state index is 12.7. The maximum Gasteiger partial charge on any atom is 0.160 e. The molecule has 2 saturated carbocycles. The molecule has 3 aliphatic carbocycles. The van der Waals surface area contributed by atoms with E-state index in [0.717, 1.165) is 32.1 Å². The van der Waals surface area contributed by atoms with E-state index in [1.54, 1.807) is 7.11 Å². The molecule has 1 N–H and O–H groups in total. The van der Waals surface area contributed by atoms with E-state index >= 15 is 0 Å². The molecule has 126 valence electrons. The second-order valence-electron chi connectivity index (χ2n) is 7.88. The number of fused-ring (bicyclic) bond motifs is 5. The van der Waals surface area contributed by atoms with Crippen molar-refractivity contribution in [2.24, 2.45) is 23.2 Å². The first-order valence-electron chi connectivity index (χ1n) is 8.83. The van der Waals surface area contributed by atoms with Crippen LogP contribution in [0.3, 0.4) is 0 Å². The first-order valence-corrected chi connectivity index (χ1v) is 8.83. The third-order valence-corrected chi connectivity index (χ3v) is 6.94. The molecule has 4 heteroatoms. The molecule has 2 fully saturated rings. The molecule has 24 heavy (non-hydrogen) atoms. The highest BCUT2D eigenvalue weighted by Gasteiger charge is 2.58. The minimum absolute atomic E-state index is 0.169. The van der Waals surface area contributed by atoms with Crippen LogP contribution in [0.25, 0.3) is 0 Å². The number of Topliss-reactive ketones (excluding diaryl/α,β-unsaturated/α-hetero) is 1. The lowest BCUT2D eigenvalue weighted by Gasteiger charge is -2.48. The van der Waals surface area contributed by atoms with Crippen molar-refractivity contribution in [1.82, 2.24) is 0 Å². The summed E-state index contributed by atoms with van der Waals surface area (Å²) in [6.45, 7) is 2.08. The zero-order chi connectivity index (χ0) is 17.1. The van der Waals surface area contributed by atoms with Crippen molar-refractivity contribution in [3.8, 4) is 17.6 Å². The summed E-state index contributed by atoms with van der Waals surface area (Å²) in [5, 5.41) is 19.4. The number of nitrogens with zero attached hydrogens (tertiary/aromatic N) is 1. The second kappa shape index (κ2) is 5.24. The molecule has 3 aliphatic rings. The molecule has 0 aliphatic heterocycles. The summed E-state index contributed by atoms with van der Waals surface area (Å²) in [4.78, 5) is 12.7. The van der Waals surface area contributed by atoms with Crippen molar-refractivity contribution in [2.75, 3.05) is 7.11 Å². The van der Waals surface area contributed by atoms with E-state index in [0.29, 0.717) is 23.5 Å². The number of ketones is 1. The number of phenols is 1. The lowest BCUT2D eigenvalue weighted by molar-refractivity contribution is -0.130. The standard InChI is InChI=1S/C20H23NO3/c1-20-6-5-13-14(16(20)7-12(10-21)19(20)23)4-3-11-8-17(22)18(24-2)9-15(11)13/h8-9,12-14,16,22H,3-7H2,1-2H3. The molecule has 0 heterocycles. The molecule has 5 unspecified atom stereocenters. The Morgan fingerprint density at radius 2 is 2.17 bits per heavy atom. The Balaban J connectivity index is 1.73. The quantitative estimate of drug-likeness (QED) is 0.857. The Hall–Kier alpha value is -2.02. The third kappa shape index (κ3) is 1.94. The molecule has 0 bridgehead atoms. The molecule has 1 aromatic rings. The molecule has 4 rings (SSSR count). The number of nitriles is 1. The van der Waals surface area contributed by atoms with Gasteiger partial charge in [-0.15, -0.1) is 0 Å². The number of aromatic hydroxyl groups is 1. The first kappa shape index (κ1) is 15.5. The van der Waals surface area contributed by atoms with Gasteiger partial charge in [-0.05, 0) is 73.1 Å². The highest BCUT2D eigenvalue weighted by Crippen LogP contribution is 2.61. The number of ether oxygens (including phenoxy) is 1. The number of methoxy groups -OCH3 is 1. The average molecular weight is 325 g/mol. The summed E-state index contributed by atoms with van der Waals surface area (Å²) < 4.78 is 5.30. The lowest BCUT2D eigenvalue weighted by atomic mass is 9.55. The van der Waals surface area contributed by atoms with Gasteiger partial charge in [0.05, 0.1) is 13.2 Å². The molecule has 1 aromatic carbocycles. The maximum atomic E-state index is 12.7. The van der Waals surface area contributed by atoms with Crippen LogP contribution in [0.2, 0.25) is 0 Å². The molecule has 0 spiro atoms. The van der Waals surface area contributed by atoms with Gasteiger partial charge in [-0.1, -0.05) is 6.92 Å². The second-order valence-corrected chi connectivity index (χ2v) is 7.88. The van der Waals surface area contributed by atoms with Crippen LogP contribution in [0.1, 0.15) is 49.7 Å². The van der Waals surface area contributed by atoms with Gasteiger partial charge in [-0.25, -0.2) is 0 Å². The number of rotatable bonds is 1. The summed E-state index contributed by atoms with van der Waals surface area (Å²) in [6.07, 6.45) is 4.51. The summed E-state index contributed by atoms with van der Waals surface area (Å²) in [5.41, 5.74) is 2.16. The van der Waals surface area contributed by atoms with Crippen LogP contribution >= 0.6 is 0 Å². The molecule has 0 amide bonds. The van der Waals surface area contributed by atoms with Crippen molar-refractivity contribution in [3.63, 3.8) is 0 Å². The number of hydrogen-bond donors (Lipinski definition) is 1. The summed E-state index contributed by atoms with van der Waals surface area (Å²) in [7, 11) is 1.58. The molecule has 0 radical (unpaired) electrons. The van der Waals surface area contributed by atoms with Gasteiger partial charge in [-0.3, -0.25) is 4.79 Å². The monoisotopic (exact) mass is 325 g/mol. The fourth-order valence-electron chi connectivity index (χ4n) is 5.68. The van der Waals surface area contributed by atoms with Gasteiger partial charge >= 0.3 is 0 Å². The molecular weight excluding hydrogens is 302 g/mol. The minimum atomic E-state index is -0.422. The molecule has 5 atom stereocenters. The number of phenolic OH excluding ortho intramolecular Hbond substituents is 1. The van der Waals surface area contributed by atoms with E-state index in [1.165, 1.54) is 11.1 Å². The van der Waals surface area contributed by atoms with Gasteiger partial charge in [0.15, 0.2) is 17.3 Å². The number of benzene rings is 1. The molecule has 0 saturated heterocycles. The Morgan fingerprint density at radius 1 is 1.38 bits per heavy atom. The van der Waals surface area contributed by atoms with Gasteiger partial charge in [0.25, 0.3) is 0 Å². The Bertz CT molecular complexity index is 750. The van der Waals surface area contributed by atoms with Crippen LogP contribution in [0.5, 0.6) is 11.5 Å². The van der Waals surface area contributed by atoms with Gasteiger partial charge < -0.3 is 9.84 Å². The first-order chi connectivity index (χ1) is 11.5. The number of aryl methyl sites for hydroxylation is 1. The Morgan fingerprint density at radius 3 is 2.88 bits per heavy atom. The zero-order valence-corrected chi connectivity index (χ0v) is 14.2. The van der Waals surface area contributed by atoms with Crippen LogP contribution in [-0.2, 0) is 11.2 Å². The van der Waals surface area contributed by atoms with E-state index in [2.05, 4.69) is 13.0 Å². The summed E-state index contributed by atoms with van der Waals surface area (Å²) in [6, 6.07) is 6.07. The fraction of sp³-hybridized carbons (Fsp3) is 0.600. The third-order valence-electron chi connectivity index (χ3n) is 6.94. The Kier molecular flexibility index (Phi) is 3.38. The highest BCUT2D eigenvalue weighted by atomic mass is 16.5. The van der Waals surface area contributed by atoms with E-state index in [1.807, 2.05) is 12.1 Å². The predicted molar refractivity (Wildman–Crippen MR) is 88.8 cm³/mol. The van der Waals surface area contributed by atoms with Gasteiger partial charge in [-0.2, -0.15) is 5.26 Å². The van der Waals surface area contributed by atoms with E-state index in [4.69, 9.17) is 4.74 Å². The fourth-order valence-corrected chi connectivity index (χ4v) is 5.68. The van der Waals surface area contributed by atoms with Gasteiger partial charge in [0.2, 0.25) is 0 Å². The molecular formula is C20H23NO3. The zero-order valence-electron chi connectivity index (χ0n) is 14.2. The lowest BCUT2D eigenvalue weighted by Crippen LogP contribution is -2.42. The van der Waals surface area contributed by atoms with E-state index in [9.17, 15) is 15.2 Å². The van der Waals surface area contributed by atoms with Crippen LogP contribution in [0.4, 0.5) is 0 Å². The topological polar surface area (TPSA) is 70.3 Å². The Labute approximate surface area is 142 Å². The van der Waals surface area contributed by atoms with Crippen LogP contribution < -0.4 is 4.74 Å². The predicted octanol–water partition coefficient (Wildman–Crippen LogP) is 3.58. The van der Waals surface area contributed by atoms with Crippen LogP contribution in [0, 0.1) is 34.5 Å². The van der Waals surface area contributed by atoms with E-state index < -0.39 is 5.92 Å². The van der Waals surface area contributed by atoms with Crippen LogP contribution in [0.15, 0.2) is 12.1 Å². The smallest absolute Gasteiger partial charge is 0.160 e.